The molecule has 2 aromatic carbocycles. The van der Waals surface area contributed by atoms with Crippen LogP contribution in [0.2, 0.25) is 0 Å². The fourth-order valence-corrected chi connectivity index (χ4v) is 2.72. The zero-order valence-electron chi connectivity index (χ0n) is 16.1. The second kappa shape index (κ2) is 7.65. The average Bonchev–Trinajstić information content (AvgIpc) is 2.95. The van der Waals surface area contributed by atoms with Crippen LogP contribution in [0.5, 0.6) is 5.75 Å². The van der Waals surface area contributed by atoms with Crippen molar-refractivity contribution in [3.05, 3.63) is 65.2 Å². The van der Waals surface area contributed by atoms with Gasteiger partial charge in [-0.25, -0.2) is 5.01 Å². The van der Waals surface area contributed by atoms with Gasteiger partial charge in [0.05, 0.1) is 0 Å². The number of ether oxygens (including phenoxy) is 1. The molecule has 9 heteroatoms. The van der Waals surface area contributed by atoms with Crippen LogP contribution in [-0.4, -0.2) is 28.8 Å². The molecule has 1 heterocycles. The summed E-state index contributed by atoms with van der Waals surface area (Å²) in [6.07, 6.45) is -3.91. The minimum absolute atomic E-state index is 0.257. The number of hydrogen-bond acceptors (Lipinski definition) is 5. The second-order valence-corrected chi connectivity index (χ2v) is 6.85. The number of halogens is 3. The molecule has 1 aliphatic rings. The first-order valence-corrected chi connectivity index (χ1v) is 8.91. The molecule has 0 fully saturated rings. The Kier molecular flexibility index (Phi) is 5.41. The zero-order valence-corrected chi connectivity index (χ0v) is 16.1. The van der Waals surface area contributed by atoms with Crippen LogP contribution in [-0.2, 0) is 11.3 Å². The SMILES string of the molecule is CCc1ccc(C(=O)NN2C(c3ccc(OC(F)(F)F)cc3)=NOC2(C)C)cc1. The number of rotatable bonds is 5. The van der Waals surface area contributed by atoms with Crippen molar-refractivity contribution in [2.24, 2.45) is 5.16 Å². The monoisotopic (exact) mass is 407 g/mol. The molecule has 1 amide bonds. The molecule has 0 aliphatic carbocycles. The highest BCUT2D eigenvalue weighted by atomic mass is 19.4. The Morgan fingerprint density at radius 2 is 1.76 bits per heavy atom. The average molecular weight is 407 g/mol. The van der Waals surface area contributed by atoms with E-state index in [0.717, 1.165) is 12.0 Å². The van der Waals surface area contributed by atoms with Gasteiger partial charge in [0.2, 0.25) is 5.72 Å². The van der Waals surface area contributed by atoms with Gasteiger partial charge in [0.25, 0.3) is 5.91 Å². The number of oxime groups is 1. The first-order chi connectivity index (χ1) is 13.6. The van der Waals surface area contributed by atoms with Crippen LogP contribution in [0.1, 0.15) is 42.3 Å². The first-order valence-electron chi connectivity index (χ1n) is 8.91. The molecule has 0 unspecified atom stereocenters. The number of carbonyl (C=O) groups excluding carboxylic acids is 1. The molecular weight excluding hydrogens is 387 g/mol. The van der Waals surface area contributed by atoms with E-state index in [1.54, 1.807) is 26.0 Å². The van der Waals surface area contributed by atoms with Crippen LogP contribution < -0.4 is 10.2 Å². The van der Waals surface area contributed by atoms with Crippen LogP contribution in [0.3, 0.4) is 0 Å². The third-order valence-electron chi connectivity index (χ3n) is 4.29. The Morgan fingerprint density at radius 3 is 2.31 bits per heavy atom. The molecular formula is C20H20F3N3O3. The highest BCUT2D eigenvalue weighted by molar-refractivity contribution is 6.02. The van der Waals surface area contributed by atoms with Gasteiger partial charge in [0.1, 0.15) is 5.75 Å². The molecule has 3 rings (SSSR count). The number of nitrogens with zero attached hydrogens (tertiary/aromatic N) is 2. The molecule has 2 aromatic rings. The zero-order chi connectivity index (χ0) is 21.2. The van der Waals surface area contributed by atoms with Gasteiger partial charge in [-0.05, 0) is 62.2 Å². The minimum Gasteiger partial charge on any atom is -0.406 e. The molecule has 0 atom stereocenters. The molecule has 0 saturated heterocycles. The van der Waals surface area contributed by atoms with Gasteiger partial charge < -0.3 is 9.57 Å². The molecule has 1 N–H and O–H groups in total. The number of amidine groups is 1. The van der Waals surface area contributed by atoms with Crippen molar-refractivity contribution in [1.82, 2.24) is 10.4 Å². The molecule has 0 aromatic heterocycles. The number of hydrogen-bond donors (Lipinski definition) is 1. The Hall–Kier alpha value is -3.23. The predicted molar refractivity (Wildman–Crippen MR) is 100.0 cm³/mol. The van der Waals surface area contributed by atoms with Gasteiger partial charge in [-0.1, -0.05) is 24.2 Å². The Morgan fingerprint density at radius 1 is 1.14 bits per heavy atom. The summed E-state index contributed by atoms with van der Waals surface area (Å²) in [6.45, 7) is 5.42. The van der Waals surface area contributed by atoms with Gasteiger partial charge in [-0.2, -0.15) is 0 Å². The van der Waals surface area contributed by atoms with E-state index in [1.165, 1.54) is 29.3 Å². The number of amides is 1. The second-order valence-electron chi connectivity index (χ2n) is 6.85. The van der Waals surface area contributed by atoms with Crippen molar-refractivity contribution < 1.29 is 27.5 Å². The van der Waals surface area contributed by atoms with Crippen LogP contribution in [0.15, 0.2) is 53.7 Å². The summed E-state index contributed by atoms with van der Waals surface area (Å²) in [5, 5.41) is 5.42. The molecule has 6 nitrogen and oxygen atoms in total. The van der Waals surface area contributed by atoms with E-state index in [2.05, 4.69) is 15.3 Å². The minimum atomic E-state index is -4.77. The van der Waals surface area contributed by atoms with E-state index in [4.69, 9.17) is 4.84 Å². The summed E-state index contributed by atoms with van der Waals surface area (Å²) < 4.78 is 40.9. The van der Waals surface area contributed by atoms with E-state index in [9.17, 15) is 18.0 Å². The molecule has 154 valence electrons. The summed E-state index contributed by atoms with van der Waals surface area (Å²) in [4.78, 5) is 18.1. The van der Waals surface area contributed by atoms with E-state index >= 15 is 0 Å². The van der Waals surface area contributed by atoms with Gasteiger partial charge in [-0.3, -0.25) is 10.2 Å². The van der Waals surface area contributed by atoms with Gasteiger partial charge in [0, 0.05) is 11.1 Å². The van der Waals surface area contributed by atoms with E-state index in [-0.39, 0.29) is 17.5 Å². The number of carbonyl (C=O) groups is 1. The standard InChI is InChI=1S/C20H20F3N3O3/c1-4-13-5-7-15(8-6-13)18(27)24-26-17(25-29-19(26,2)3)14-9-11-16(12-10-14)28-20(21,22)23/h5-12H,4H2,1-3H3,(H,24,27). The van der Waals surface area contributed by atoms with Gasteiger partial charge in [0.15, 0.2) is 5.84 Å². The molecule has 0 saturated carbocycles. The fraction of sp³-hybridized carbons (Fsp3) is 0.300. The maximum atomic E-state index is 12.7. The molecule has 0 radical (unpaired) electrons. The number of hydrazine groups is 1. The van der Waals surface area contributed by atoms with Crippen molar-refractivity contribution >= 4 is 11.7 Å². The van der Waals surface area contributed by atoms with Crippen LogP contribution >= 0.6 is 0 Å². The fourth-order valence-electron chi connectivity index (χ4n) is 2.72. The Bertz CT molecular complexity index is 907. The summed E-state index contributed by atoms with van der Waals surface area (Å²) in [5.41, 5.74) is 3.77. The Balaban J connectivity index is 1.79. The molecule has 29 heavy (non-hydrogen) atoms. The van der Waals surface area contributed by atoms with Crippen molar-refractivity contribution in [1.29, 1.82) is 0 Å². The highest BCUT2D eigenvalue weighted by Crippen LogP contribution is 2.27. The summed E-state index contributed by atoms with van der Waals surface area (Å²) in [7, 11) is 0. The summed E-state index contributed by atoms with van der Waals surface area (Å²) in [5.74, 6) is -0.463. The lowest BCUT2D eigenvalue weighted by atomic mass is 10.1. The van der Waals surface area contributed by atoms with E-state index < -0.39 is 12.1 Å². The van der Waals surface area contributed by atoms with E-state index in [0.29, 0.717) is 11.1 Å². The molecule has 0 spiro atoms. The first kappa shape index (κ1) is 20.5. The van der Waals surface area contributed by atoms with Crippen molar-refractivity contribution in [3.8, 4) is 5.75 Å². The lowest BCUT2D eigenvalue weighted by Crippen LogP contribution is -2.54. The lowest BCUT2D eigenvalue weighted by molar-refractivity contribution is -0.274. The third kappa shape index (κ3) is 4.79. The van der Waals surface area contributed by atoms with E-state index in [1.807, 2.05) is 19.1 Å². The van der Waals surface area contributed by atoms with Crippen LogP contribution in [0.4, 0.5) is 13.2 Å². The summed E-state index contributed by atoms with van der Waals surface area (Å²) >= 11 is 0. The number of benzene rings is 2. The topological polar surface area (TPSA) is 63.2 Å². The maximum Gasteiger partial charge on any atom is 0.573 e. The number of alkyl halides is 3. The van der Waals surface area contributed by atoms with Gasteiger partial charge >= 0.3 is 6.36 Å². The molecule has 0 bridgehead atoms. The third-order valence-corrected chi connectivity index (χ3v) is 4.29. The predicted octanol–water partition coefficient (Wildman–Crippen LogP) is 4.22. The normalized spacial score (nSPS) is 15.5. The molecule has 1 aliphatic heterocycles. The van der Waals surface area contributed by atoms with Crippen molar-refractivity contribution in [2.75, 3.05) is 0 Å². The lowest BCUT2D eigenvalue weighted by Gasteiger charge is -2.31. The smallest absolute Gasteiger partial charge is 0.406 e. The van der Waals surface area contributed by atoms with Gasteiger partial charge in [-0.15, -0.1) is 13.2 Å². The van der Waals surface area contributed by atoms with Crippen molar-refractivity contribution in [3.63, 3.8) is 0 Å². The maximum absolute atomic E-state index is 12.7. The number of nitrogens with one attached hydrogen (secondary N) is 1. The highest BCUT2D eigenvalue weighted by Gasteiger charge is 2.40. The van der Waals surface area contributed by atoms with Crippen LogP contribution in [0.25, 0.3) is 0 Å². The quantitative estimate of drug-likeness (QED) is 0.806. The Labute approximate surface area is 165 Å². The largest absolute Gasteiger partial charge is 0.573 e. The summed E-state index contributed by atoms with van der Waals surface area (Å²) in [6, 6.07) is 12.3. The van der Waals surface area contributed by atoms with Crippen molar-refractivity contribution in [2.45, 2.75) is 39.3 Å². The van der Waals surface area contributed by atoms with Crippen LogP contribution in [0, 0.1) is 0 Å². The number of aryl methyl sites for hydroxylation is 1.